The topological polar surface area (TPSA) is 97.3 Å². The van der Waals surface area contributed by atoms with E-state index in [1.54, 1.807) is 18.1 Å². The number of aromatic nitrogens is 3. The van der Waals surface area contributed by atoms with E-state index in [1.807, 2.05) is 30.3 Å². The highest BCUT2D eigenvalue weighted by Crippen LogP contribution is 2.31. The highest BCUT2D eigenvalue weighted by molar-refractivity contribution is 7.22. The van der Waals surface area contributed by atoms with E-state index in [1.165, 1.54) is 28.4 Å². The van der Waals surface area contributed by atoms with E-state index in [-0.39, 0.29) is 23.8 Å². The van der Waals surface area contributed by atoms with Crippen LogP contribution in [0.5, 0.6) is 5.75 Å². The fraction of sp³-hybridized carbons (Fsp3) is 0.250. The van der Waals surface area contributed by atoms with Crippen molar-refractivity contribution in [1.29, 1.82) is 0 Å². The third kappa shape index (κ3) is 4.07. The van der Waals surface area contributed by atoms with Crippen LogP contribution in [-0.2, 0) is 6.54 Å². The van der Waals surface area contributed by atoms with Gasteiger partial charge in [-0.05, 0) is 54.8 Å². The number of hydrogen-bond donors (Lipinski definition) is 1. The van der Waals surface area contributed by atoms with Crippen molar-refractivity contribution >= 4 is 33.2 Å². The molecule has 168 valence electrons. The number of nitrogens with one attached hydrogen (secondary N) is 1. The normalized spacial score (nSPS) is 13.5. The Labute approximate surface area is 193 Å². The maximum atomic E-state index is 13.0. The molecule has 1 fully saturated rings. The Kier molecular flexibility index (Phi) is 5.55. The van der Waals surface area contributed by atoms with Crippen molar-refractivity contribution in [2.75, 3.05) is 20.2 Å². The molecule has 0 saturated carbocycles. The van der Waals surface area contributed by atoms with E-state index in [4.69, 9.17) is 4.74 Å². The maximum absolute atomic E-state index is 13.0. The lowest BCUT2D eigenvalue weighted by Gasteiger charge is -2.13. The van der Waals surface area contributed by atoms with Crippen LogP contribution in [0.15, 0.2) is 53.7 Å². The van der Waals surface area contributed by atoms with Gasteiger partial charge < -0.3 is 14.6 Å². The first-order chi connectivity index (χ1) is 16.0. The Bertz CT molecular complexity index is 1390. The SMILES string of the molecule is COc1ccc(-c2cc3ncn(CC(=O)c4c[nH]c(C(=O)N5CCCC5)c4)c(=O)c3s2)cc1. The fourth-order valence-corrected chi connectivity index (χ4v) is 5.04. The molecule has 0 unspecified atom stereocenters. The van der Waals surface area contributed by atoms with Crippen LogP contribution in [0.1, 0.15) is 33.7 Å². The van der Waals surface area contributed by atoms with Gasteiger partial charge in [-0.25, -0.2) is 4.98 Å². The monoisotopic (exact) mass is 462 g/mol. The smallest absolute Gasteiger partial charge is 0.271 e. The number of nitrogens with zero attached hydrogens (tertiary/aromatic N) is 3. The summed E-state index contributed by atoms with van der Waals surface area (Å²) < 4.78 is 7.00. The van der Waals surface area contributed by atoms with Crippen molar-refractivity contribution in [3.05, 3.63) is 70.5 Å². The summed E-state index contributed by atoms with van der Waals surface area (Å²) in [6.45, 7) is 1.33. The van der Waals surface area contributed by atoms with Gasteiger partial charge in [-0.3, -0.25) is 19.0 Å². The molecule has 1 aromatic carbocycles. The van der Waals surface area contributed by atoms with Crippen LogP contribution in [0.3, 0.4) is 0 Å². The number of hydrogen-bond acceptors (Lipinski definition) is 6. The minimum Gasteiger partial charge on any atom is -0.497 e. The van der Waals surface area contributed by atoms with Gasteiger partial charge in [0.15, 0.2) is 5.78 Å². The summed E-state index contributed by atoms with van der Waals surface area (Å²) in [6, 6.07) is 11.0. The third-order valence-corrected chi connectivity index (χ3v) is 6.98. The Morgan fingerprint density at radius 3 is 2.64 bits per heavy atom. The average Bonchev–Trinajstić information content (AvgIpc) is 3.61. The number of carbonyl (C=O) groups is 2. The molecular formula is C24H22N4O4S. The van der Waals surface area contributed by atoms with Gasteiger partial charge in [0, 0.05) is 29.7 Å². The molecule has 3 aromatic heterocycles. The quantitative estimate of drug-likeness (QED) is 0.442. The molecule has 0 bridgehead atoms. The standard InChI is InChI=1S/C24H22N4O4S/c1-32-17-6-4-15(5-7-17)21-11-18-22(33-21)24(31)28(14-26-18)13-20(29)16-10-19(25-12-16)23(30)27-8-2-3-9-27/h4-7,10-12,14,25H,2-3,8-9,13H2,1H3. The number of ketones is 1. The minimum atomic E-state index is -0.262. The lowest BCUT2D eigenvalue weighted by Crippen LogP contribution is -2.27. The number of Topliss-reactive ketones (excluding diaryl/α,β-unsaturated/α-hetero) is 1. The van der Waals surface area contributed by atoms with Crippen LogP contribution in [0.25, 0.3) is 20.7 Å². The van der Waals surface area contributed by atoms with E-state index in [2.05, 4.69) is 9.97 Å². The van der Waals surface area contributed by atoms with Crippen molar-refractivity contribution in [1.82, 2.24) is 19.4 Å². The van der Waals surface area contributed by atoms with Gasteiger partial charge in [-0.15, -0.1) is 11.3 Å². The van der Waals surface area contributed by atoms with Crippen molar-refractivity contribution < 1.29 is 14.3 Å². The molecule has 1 saturated heterocycles. The minimum absolute atomic E-state index is 0.101. The first kappa shape index (κ1) is 21.1. The average molecular weight is 463 g/mol. The summed E-state index contributed by atoms with van der Waals surface area (Å²) in [5.41, 5.74) is 2.06. The Hall–Kier alpha value is -3.72. The zero-order valence-electron chi connectivity index (χ0n) is 18.0. The van der Waals surface area contributed by atoms with E-state index in [0.717, 1.165) is 42.1 Å². The fourth-order valence-electron chi connectivity index (χ4n) is 3.97. The summed E-state index contributed by atoms with van der Waals surface area (Å²) in [5, 5.41) is 0. The van der Waals surface area contributed by atoms with Crippen molar-refractivity contribution in [2.24, 2.45) is 0 Å². The van der Waals surface area contributed by atoms with Gasteiger partial charge in [0.1, 0.15) is 16.1 Å². The predicted octanol–water partition coefficient (Wildman–Crippen LogP) is 3.58. The molecule has 0 radical (unpaired) electrons. The first-order valence-electron chi connectivity index (χ1n) is 10.7. The molecule has 1 aliphatic heterocycles. The second-order valence-electron chi connectivity index (χ2n) is 7.96. The number of thiophene rings is 1. The molecule has 0 atom stereocenters. The van der Waals surface area contributed by atoms with Crippen LogP contribution in [-0.4, -0.2) is 51.3 Å². The molecule has 0 spiro atoms. The van der Waals surface area contributed by atoms with Crippen molar-refractivity contribution in [3.8, 4) is 16.2 Å². The molecule has 1 N–H and O–H groups in total. The number of fused-ring (bicyclic) bond motifs is 1. The summed E-state index contributed by atoms with van der Waals surface area (Å²) in [4.78, 5) is 48.3. The number of ether oxygens (including phenoxy) is 1. The van der Waals surface area contributed by atoms with Crippen LogP contribution < -0.4 is 10.3 Å². The summed E-state index contributed by atoms with van der Waals surface area (Å²) in [5.74, 6) is 0.396. The molecule has 0 aliphatic carbocycles. The van der Waals surface area contributed by atoms with E-state index in [0.29, 0.717) is 21.5 Å². The Balaban J connectivity index is 1.36. The van der Waals surface area contributed by atoms with Gasteiger partial charge in [0.25, 0.3) is 11.5 Å². The van der Waals surface area contributed by atoms with Gasteiger partial charge >= 0.3 is 0 Å². The number of carbonyl (C=O) groups excluding carboxylic acids is 2. The zero-order chi connectivity index (χ0) is 22.9. The highest BCUT2D eigenvalue weighted by Gasteiger charge is 2.22. The summed E-state index contributed by atoms with van der Waals surface area (Å²) >= 11 is 1.35. The summed E-state index contributed by atoms with van der Waals surface area (Å²) in [6.07, 6.45) is 4.92. The number of aromatic amines is 1. The van der Waals surface area contributed by atoms with Crippen LogP contribution in [0.4, 0.5) is 0 Å². The molecule has 33 heavy (non-hydrogen) atoms. The molecule has 8 nitrogen and oxygen atoms in total. The number of H-pyrrole nitrogens is 1. The van der Waals surface area contributed by atoms with Gasteiger partial charge in [0.05, 0.1) is 25.5 Å². The van der Waals surface area contributed by atoms with Crippen LogP contribution >= 0.6 is 11.3 Å². The number of likely N-dealkylation sites (tertiary alicyclic amines) is 1. The van der Waals surface area contributed by atoms with Crippen molar-refractivity contribution in [3.63, 3.8) is 0 Å². The molecule has 9 heteroatoms. The maximum Gasteiger partial charge on any atom is 0.271 e. The van der Waals surface area contributed by atoms with E-state index in [9.17, 15) is 14.4 Å². The number of rotatable bonds is 6. The van der Waals surface area contributed by atoms with Gasteiger partial charge in [-0.1, -0.05) is 0 Å². The number of amides is 1. The third-order valence-electron chi connectivity index (χ3n) is 5.82. The second kappa shape index (κ2) is 8.67. The molecule has 1 aliphatic rings. The highest BCUT2D eigenvalue weighted by atomic mass is 32.1. The first-order valence-corrected chi connectivity index (χ1v) is 11.5. The van der Waals surface area contributed by atoms with Gasteiger partial charge in [0.2, 0.25) is 0 Å². The van der Waals surface area contributed by atoms with E-state index >= 15 is 0 Å². The Morgan fingerprint density at radius 1 is 1.15 bits per heavy atom. The van der Waals surface area contributed by atoms with Crippen LogP contribution in [0, 0.1) is 0 Å². The summed E-state index contributed by atoms with van der Waals surface area (Å²) in [7, 11) is 1.61. The van der Waals surface area contributed by atoms with Crippen LogP contribution in [0.2, 0.25) is 0 Å². The predicted molar refractivity (Wildman–Crippen MR) is 126 cm³/mol. The lowest BCUT2D eigenvalue weighted by molar-refractivity contribution is 0.0787. The molecule has 4 aromatic rings. The number of methoxy groups -OCH3 is 1. The lowest BCUT2D eigenvalue weighted by atomic mass is 10.2. The molecule has 4 heterocycles. The number of benzene rings is 1. The molecule has 5 rings (SSSR count). The molecule has 1 amide bonds. The zero-order valence-corrected chi connectivity index (χ0v) is 18.9. The largest absolute Gasteiger partial charge is 0.497 e. The molecular weight excluding hydrogens is 440 g/mol. The van der Waals surface area contributed by atoms with Gasteiger partial charge in [-0.2, -0.15) is 0 Å². The second-order valence-corrected chi connectivity index (χ2v) is 9.01. The van der Waals surface area contributed by atoms with E-state index < -0.39 is 0 Å². The van der Waals surface area contributed by atoms with Crippen molar-refractivity contribution in [2.45, 2.75) is 19.4 Å². The Morgan fingerprint density at radius 2 is 1.91 bits per heavy atom.